The van der Waals surface area contributed by atoms with E-state index in [0.717, 1.165) is 4.67 Å². The minimum atomic E-state index is -3.63. The minimum absolute atomic E-state index is 0.178. The van der Waals surface area contributed by atoms with Crippen molar-refractivity contribution in [3.63, 3.8) is 0 Å². The molecule has 0 aromatic rings. The van der Waals surface area contributed by atoms with Crippen molar-refractivity contribution in [1.82, 2.24) is 9.99 Å². The molecule has 0 bridgehead atoms. The first kappa shape index (κ1) is 14.5. The van der Waals surface area contributed by atoms with E-state index in [1.165, 1.54) is 0 Å². The van der Waals surface area contributed by atoms with Crippen molar-refractivity contribution < 1.29 is 19.3 Å². The lowest BCUT2D eigenvalue weighted by molar-refractivity contribution is -0.147. The lowest BCUT2D eigenvalue weighted by Gasteiger charge is -2.39. The summed E-state index contributed by atoms with van der Waals surface area (Å²) in [7, 11) is -3.63. The van der Waals surface area contributed by atoms with Crippen molar-refractivity contribution in [2.45, 2.75) is 37.0 Å². The molecule has 1 unspecified atom stereocenters. The monoisotopic (exact) mass is 290 g/mol. The Morgan fingerprint density at radius 2 is 2.21 bits per heavy atom. The Morgan fingerprint density at radius 1 is 1.53 bits per heavy atom. The van der Waals surface area contributed by atoms with Crippen LogP contribution < -0.4 is 16.6 Å². The molecule has 2 aliphatic heterocycles. The Kier molecular flexibility index (Phi) is 3.70. The van der Waals surface area contributed by atoms with E-state index in [1.54, 1.807) is 0 Å². The van der Waals surface area contributed by atoms with Gasteiger partial charge in [0.05, 0.1) is 0 Å². The first-order chi connectivity index (χ1) is 8.80. The number of nitrogens with one attached hydrogen (secondary N) is 1. The van der Waals surface area contributed by atoms with Crippen molar-refractivity contribution in [2.75, 3.05) is 13.1 Å². The highest BCUT2D eigenvalue weighted by atomic mass is 31.2. The Hall–Kier alpha value is -0.950. The molecule has 0 aromatic carbocycles. The number of carbonyl (C=O) groups excluding carboxylic acids is 1. The molecule has 1 amide bonds. The molecule has 2 aliphatic rings. The van der Waals surface area contributed by atoms with Gasteiger partial charge in [-0.05, 0) is 25.7 Å². The van der Waals surface area contributed by atoms with E-state index in [-0.39, 0.29) is 18.9 Å². The van der Waals surface area contributed by atoms with Crippen LogP contribution in [0.4, 0.5) is 0 Å². The van der Waals surface area contributed by atoms with E-state index in [9.17, 15) is 19.3 Å². The molecule has 0 spiro atoms. The summed E-state index contributed by atoms with van der Waals surface area (Å²) >= 11 is 0. The minimum Gasteiger partial charge on any atom is -0.479 e. The van der Waals surface area contributed by atoms with Crippen LogP contribution in [0.2, 0.25) is 0 Å². The second kappa shape index (κ2) is 4.86. The average Bonchev–Trinajstić information content (AvgIpc) is 2.74. The molecule has 6 N–H and O–H groups in total. The molecule has 2 heterocycles. The maximum absolute atomic E-state index is 12.8. The van der Waals surface area contributed by atoms with Gasteiger partial charge in [-0.2, -0.15) is 0 Å². The zero-order valence-electron chi connectivity index (χ0n) is 10.5. The fourth-order valence-corrected chi connectivity index (χ4v) is 5.27. The summed E-state index contributed by atoms with van der Waals surface area (Å²) in [5, 5.41) is 11.8. The molecule has 8 nitrogen and oxygen atoms in total. The van der Waals surface area contributed by atoms with Crippen molar-refractivity contribution in [3.8, 4) is 0 Å². The van der Waals surface area contributed by atoms with Crippen LogP contribution in [0.3, 0.4) is 0 Å². The Bertz CT molecular complexity index is 457. The van der Waals surface area contributed by atoms with Gasteiger partial charge in [0.15, 0.2) is 5.66 Å². The molecule has 2 saturated heterocycles. The normalized spacial score (nSPS) is 35.7. The highest BCUT2D eigenvalue weighted by Gasteiger charge is 2.54. The highest BCUT2D eigenvalue weighted by Crippen LogP contribution is 2.54. The van der Waals surface area contributed by atoms with Gasteiger partial charge in [-0.3, -0.25) is 14.9 Å². The number of carboxylic acid groups (broad SMARTS) is 1. The molecule has 3 atom stereocenters. The number of rotatable bonds is 3. The van der Waals surface area contributed by atoms with Gasteiger partial charge in [-0.1, -0.05) is 0 Å². The summed E-state index contributed by atoms with van der Waals surface area (Å²) < 4.78 is 13.9. The van der Waals surface area contributed by atoms with Gasteiger partial charge in [0, 0.05) is 13.1 Å². The number of nitrogens with zero attached hydrogens (tertiary/aromatic N) is 1. The Morgan fingerprint density at radius 3 is 2.79 bits per heavy atom. The number of carboxylic acids is 1. The summed E-state index contributed by atoms with van der Waals surface area (Å²) in [5.74, 6) is -1.64. The summed E-state index contributed by atoms with van der Waals surface area (Å²) in [6.07, 6.45) is 1.75. The van der Waals surface area contributed by atoms with Crippen LogP contribution in [-0.4, -0.2) is 46.1 Å². The van der Waals surface area contributed by atoms with E-state index < -0.39 is 24.7 Å². The van der Waals surface area contributed by atoms with Gasteiger partial charge in [-0.15, -0.1) is 0 Å². The van der Waals surface area contributed by atoms with Gasteiger partial charge in [0.2, 0.25) is 13.4 Å². The predicted octanol–water partition coefficient (Wildman–Crippen LogP) is -0.748. The summed E-state index contributed by atoms with van der Waals surface area (Å²) in [5.41, 5.74) is 9.10. The van der Waals surface area contributed by atoms with Gasteiger partial charge in [0.1, 0.15) is 5.66 Å². The van der Waals surface area contributed by atoms with Crippen molar-refractivity contribution in [1.29, 1.82) is 0 Å². The topological polar surface area (TPSA) is 139 Å². The highest BCUT2D eigenvalue weighted by molar-refractivity contribution is 7.61. The van der Waals surface area contributed by atoms with E-state index >= 15 is 0 Å². The maximum atomic E-state index is 12.8. The largest absolute Gasteiger partial charge is 0.479 e. The van der Waals surface area contributed by atoms with Crippen LogP contribution in [0.15, 0.2) is 0 Å². The molecule has 108 valence electrons. The first-order valence-electron chi connectivity index (χ1n) is 6.26. The smallest absolute Gasteiger partial charge is 0.339 e. The number of hydrogen-bond acceptors (Lipinski definition) is 4. The molecule has 0 radical (unpaired) electrons. The van der Waals surface area contributed by atoms with Crippen molar-refractivity contribution in [2.24, 2.45) is 11.2 Å². The second-order valence-corrected chi connectivity index (χ2v) is 7.53. The van der Waals surface area contributed by atoms with E-state index in [2.05, 4.69) is 5.32 Å². The summed E-state index contributed by atoms with van der Waals surface area (Å²) in [6, 6.07) is 0. The molecule has 9 heteroatoms. The standard InChI is InChI=1S/C10H19N4O4P/c11-10(9(16)17)4-2-6-14(10)19(12,18)7-3-1-5-13-8(7)15/h7H,1-6,11H2,(H2,12,18)(H,13,15)(H,16,17)/t7-,10-,19?/m0/s1. The second-order valence-electron chi connectivity index (χ2n) is 5.08. The third-order valence-electron chi connectivity index (χ3n) is 3.84. The van der Waals surface area contributed by atoms with E-state index in [4.69, 9.17) is 11.2 Å². The van der Waals surface area contributed by atoms with Crippen LogP contribution >= 0.6 is 7.44 Å². The predicted molar refractivity (Wildman–Crippen MR) is 68.3 cm³/mol. The van der Waals surface area contributed by atoms with Crippen LogP contribution in [0.25, 0.3) is 0 Å². The lowest BCUT2D eigenvalue weighted by atomic mass is 10.1. The fourth-order valence-electron chi connectivity index (χ4n) is 2.76. The molecular formula is C10H19N4O4P. The van der Waals surface area contributed by atoms with Gasteiger partial charge in [-0.25, -0.2) is 9.46 Å². The van der Waals surface area contributed by atoms with E-state index in [1.807, 2.05) is 0 Å². The zero-order valence-corrected chi connectivity index (χ0v) is 11.4. The number of nitrogens with two attached hydrogens (primary N) is 2. The Labute approximate surface area is 111 Å². The van der Waals surface area contributed by atoms with Crippen LogP contribution in [-0.2, 0) is 14.2 Å². The number of carbonyl (C=O) groups is 2. The molecule has 0 aliphatic carbocycles. The van der Waals surface area contributed by atoms with Crippen molar-refractivity contribution in [3.05, 3.63) is 0 Å². The number of amides is 1. The maximum Gasteiger partial charge on any atom is 0.339 e. The van der Waals surface area contributed by atoms with Crippen molar-refractivity contribution >= 4 is 19.3 Å². The number of piperidine rings is 1. The quantitative estimate of drug-likeness (QED) is 0.501. The van der Waals surface area contributed by atoms with Gasteiger partial charge < -0.3 is 16.2 Å². The average molecular weight is 290 g/mol. The lowest BCUT2D eigenvalue weighted by Crippen LogP contribution is -2.59. The number of hydrogen-bond donors (Lipinski definition) is 4. The summed E-state index contributed by atoms with van der Waals surface area (Å²) in [6.45, 7) is 0.766. The van der Waals surface area contributed by atoms with Gasteiger partial charge in [0.25, 0.3) is 0 Å². The third kappa shape index (κ3) is 2.29. The fraction of sp³-hybridized carbons (Fsp3) is 0.800. The van der Waals surface area contributed by atoms with Crippen LogP contribution in [0, 0.1) is 0 Å². The molecule has 2 rings (SSSR count). The molecular weight excluding hydrogens is 271 g/mol. The molecule has 0 saturated carbocycles. The third-order valence-corrected chi connectivity index (χ3v) is 6.54. The van der Waals surface area contributed by atoms with Crippen LogP contribution in [0.1, 0.15) is 25.7 Å². The Balaban J connectivity index is 2.30. The van der Waals surface area contributed by atoms with Gasteiger partial charge >= 0.3 is 5.97 Å². The SMILES string of the molecule is N[C@@]1(C(=O)O)CCCN1P(N)(=O)[C@H]1CCCNC1=O. The number of aliphatic carboxylic acids is 1. The zero-order chi connectivity index (χ0) is 14.3. The molecule has 0 aromatic heterocycles. The summed E-state index contributed by atoms with van der Waals surface area (Å²) in [4.78, 5) is 23.1. The first-order valence-corrected chi connectivity index (χ1v) is 8.06. The van der Waals surface area contributed by atoms with E-state index in [0.29, 0.717) is 25.8 Å². The molecule has 2 fully saturated rings. The molecule has 19 heavy (non-hydrogen) atoms. The van der Waals surface area contributed by atoms with Crippen LogP contribution in [0.5, 0.6) is 0 Å².